The third-order valence-corrected chi connectivity index (χ3v) is 8.91. The van der Waals surface area contributed by atoms with Gasteiger partial charge in [-0.1, -0.05) is 38.8 Å². The fourth-order valence-electron chi connectivity index (χ4n) is 4.86. The lowest BCUT2D eigenvalue weighted by atomic mass is 9.69. The first kappa shape index (κ1) is 22.9. The molecule has 7 nitrogen and oxygen atoms in total. The number of carbonyl (C=O) groups excluding carboxylic acids is 1. The van der Waals surface area contributed by atoms with Crippen molar-refractivity contribution in [1.29, 1.82) is 0 Å². The van der Waals surface area contributed by atoms with E-state index in [2.05, 4.69) is 31.4 Å². The summed E-state index contributed by atoms with van der Waals surface area (Å²) >= 11 is 7.94. The van der Waals surface area contributed by atoms with E-state index in [1.165, 1.54) is 28.6 Å². The number of hydrogen-bond acceptors (Lipinski definition) is 6. The van der Waals surface area contributed by atoms with Crippen molar-refractivity contribution < 1.29 is 14.1 Å². The summed E-state index contributed by atoms with van der Waals surface area (Å²) < 4.78 is 5.99. The maximum absolute atomic E-state index is 13.1. The Morgan fingerprint density at radius 2 is 2.06 bits per heavy atom. The van der Waals surface area contributed by atoms with Gasteiger partial charge in [0.1, 0.15) is 16.5 Å². The van der Waals surface area contributed by atoms with Crippen molar-refractivity contribution in [3.8, 4) is 11.3 Å². The number of nitrogens with zero attached hydrogens (tertiary/aromatic N) is 1. The zero-order valence-electron chi connectivity index (χ0n) is 19.2. The van der Waals surface area contributed by atoms with Gasteiger partial charge in [-0.25, -0.2) is 0 Å². The first-order valence-electron chi connectivity index (χ1n) is 11.4. The summed E-state index contributed by atoms with van der Waals surface area (Å²) in [5, 5.41) is 18.8. The van der Waals surface area contributed by atoms with Gasteiger partial charge in [0.2, 0.25) is 0 Å². The van der Waals surface area contributed by atoms with Crippen LogP contribution in [0.15, 0.2) is 34.7 Å². The molecule has 1 amide bonds. The monoisotopic (exact) mass is 499 g/mol. The molecule has 34 heavy (non-hydrogen) atoms. The molecule has 3 aromatic rings. The fourth-order valence-corrected chi connectivity index (χ4v) is 6.43. The van der Waals surface area contributed by atoms with E-state index in [1.54, 1.807) is 23.5 Å². The predicted octanol–water partition coefficient (Wildman–Crippen LogP) is 6.96. The summed E-state index contributed by atoms with van der Waals surface area (Å²) in [5.74, 6) is 1.42. The Morgan fingerprint density at radius 3 is 2.79 bits per heavy atom. The van der Waals surface area contributed by atoms with Crippen LogP contribution in [0.3, 0.4) is 0 Å². The number of anilines is 1. The minimum Gasteiger partial charge on any atom is -0.457 e. The number of hydrogen-bond donors (Lipinski definition) is 2. The first-order chi connectivity index (χ1) is 16.2. The smallest absolute Gasteiger partial charge is 0.270 e. The van der Waals surface area contributed by atoms with Gasteiger partial charge < -0.3 is 15.1 Å². The van der Waals surface area contributed by atoms with Crippen LogP contribution in [0, 0.1) is 21.4 Å². The van der Waals surface area contributed by atoms with Crippen molar-refractivity contribution >= 4 is 39.5 Å². The van der Waals surface area contributed by atoms with Gasteiger partial charge >= 0.3 is 0 Å². The quantitative estimate of drug-likeness (QED) is 0.292. The summed E-state index contributed by atoms with van der Waals surface area (Å²) in [6.45, 7) is 6.91. The Balaban J connectivity index is 1.41. The molecule has 2 aromatic heterocycles. The predicted molar refractivity (Wildman–Crippen MR) is 134 cm³/mol. The van der Waals surface area contributed by atoms with Crippen LogP contribution in [0.5, 0.6) is 0 Å². The lowest BCUT2D eigenvalue weighted by molar-refractivity contribution is -0.384. The fraction of sp³-hybridized carbons (Fsp3) is 0.400. The number of carbonyl (C=O) groups is 1. The zero-order valence-corrected chi connectivity index (χ0v) is 20.8. The maximum atomic E-state index is 13.1. The number of furan rings is 1. The molecule has 2 atom stereocenters. The van der Waals surface area contributed by atoms with Gasteiger partial charge in [-0.15, -0.1) is 11.3 Å². The second-order valence-corrected chi connectivity index (χ2v) is 11.2. The molecule has 1 aliphatic heterocycles. The molecule has 0 saturated carbocycles. The summed E-state index contributed by atoms with van der Waals surface area (Å²) in [6, 6.07) is 7.68. The number of benzene rings is 1. The summed E-state index contributed by atoms with van der Waals surface area (Å²) in [7, 11) is 0. The highest BCUT2D eigenvalue weighted by atomic mass is 35.5. The van der Waals surface area contributed by atoms with Crippen LogP contribution in [-0.2, 0) is 12.8 Å². The number of nitro benzene ring substituents is 1. The molecule has 2 aliphatic rings. The third-order valence-electron chi connectivity index (χ3n) is 7.40. The summed E-state index contributed by atoms with van der Waals surface area (Å²) in [6.07, 6.45) is 3.62. The van der Waals surface area contributed by atoms with E-state index in [-0.39, 0.29) is 17.0 Å². The molecule has 2 N–H and O–H groups in total. The van der Waals surface area contributed by atoms with Crippen LogP contribution in [-0.4, -0.2) is 10.8 Å². The molecule has 0 spiro atoms. The minimum absolute atomic E-state index is 0.0696. The number of nitrogens with one attached hydrogen (secondary N) is 2. The van der Waals surface area contributed by atoms with Crippen LogP contribution in [0.25, 0.3) is 11.3 Å². The van der Waals surface area contributed by atoms with Gasteiger partial charge in [0.05, 0.1) is 15.5 Å². The molecule has 0 radical (unpaired) electrons. The van der Waals surface area contributed by atoms with Gasteiger partial charge in [0.15, 0.2) is 6.17 Å². The SMILES string of the molecule is CCC(C)(C)[C@H]1CCc2c(sc3c2C(=O)N[C@H](c2ccc(-c4cc([N+](=O)[O-])ccc4Cl)o2)N3)C1. The van der Waals surface area contributed by atoms with Gasteiger partial charge in [0.25, 0.3) is 11.6 Å². The van der Waals surface area contributed by atoms with Crippen molar-refractivity contribution in [2.75, 3.05) is 5.32 Å². The molecular weight excluding hydrogens is 474 g/mol. The number of halogens is 1. The van der Waals surface area contributed by atoms with E-state index < -0.39 is 11.1 Å². The number of nitro groups is 1. The summed E-state index contributed by atoms with van der Waals surface area (Å²) in [4.78, 5) is 25.1. The Hall–Kier alpha value is -2.84. The molecule has 3 heterocycles. The van der Waals surface area contributed by atoms with Crippen molar-refractivity contribution in [2.45, 2.75) is 52.6 Å². The van der Waals surface area contributed by atoms with Crippen LogP contribution >= 0.6 is 22.9 Å². The number of amides is 1. The third kappa shape index (κ3) is 3.88. The highest BCUT2D eigenvalue weighted by Gasteiger charge is 2.38. The zero-order chi connectivity index (χ0) is 24.2. The summed E-state index contributed by atoms with van der Waals surface area (Å²) in [5.41, 5.74) is 2.58. The molecule has 1 aromatic carbocycles. The number of thiophene rings is 1. The van der Waals surface area contributed by atoms with E-state index in [0.717, 1.165) is 36.2 Å². The van der Waals surface area contributed by atoms with Crippen LogP contribution in [0.2, 0.25) is 5.02 Å². The van der Waals surface area contributed by atoms with Crippen molar-refractivity contribution in [2.24, 2.45) is 11.3 Å². The number of rotatable bonds is 5. The number of non-ortho nitro benzene ring substituents is 1. The number of fused-ring (bicyclic) bond motifs is 3. The molecule has 178 valence electrons. The normalized spacial score (nSPS) is 19.7. The highest BCUT2D eigenvalue weighted by molar-refractivity contribution is 7.16. The van der Waals surface area contributed by atoms with Crippen LogP contribution in [0.4, 0.5) is 10.7 Å². The topological polar surface area (TPSA) is 97.4 Å². The molecule has 0 unspecified atom stereocenters. The second-order valence-electron chi connectivity index (χ2n) is 9.66. The maximum Gasteiger partial charge on any atom is 0.270 e. The van der Waals surface area contributed by atoms with Crippen molar-refractivity contribution in [3.05, 3.63) is 67.2 Å². The van der Waals surface area contributed by atoms with Crippen molar-refractivity contribution in [1.82, 2.24) is 5.32 Å². The lowest BCUT2D eigenvalue weighted by Gasteiger charge is -2.36. The Kier molecular flexibility index (Phi) is 5.68. The molecule has 5 rings (SSSR count). The van der Waals surface area contributed by atoms with E-state index in [4.69, 9.17) is 16.0 Å². The van der Waals surface area contributed by atoms with Gasteiger partial charge in [0, 0.05) is 22.6 Å². The molecular formula is C25H26ClN3O4S. The average molecular weight is 500 g/mol. The van der Waals surface area contributed by atoms with Gasteiger partial charge in [-0.3, -0.25) is 14.9 Å². The Bertz CT molecular complexity index is 1300. The molecule has 0 fully saturated rings. The first-order valence-corrected chi connectivity index (χ1v) is 12.6. The lowest BCUT2D eigenvalue weighted by Crippen LogP contribution is -2.38. The minimum atomic E-state index is -0.533. The van der Waals surface area contributed by atoms with Gasteiger partial charge in [-0.2, -0.15) is 0 Å². The molecule has 0 saturated heterocycles. The van der Waals surface area contributed by atoms with E-state index in [0.29, 0.717) is 28.0 Å². The second kappa shape index (κ2) is 8.43. The van der Waals surface area contributed by atoms with Crippen molar-refractivity contribution in [3.63, 3.8) is 0 Å². The Morgan fingerprint density at radius 1 is 1.26 bits per heavy atom. The molecule has 9 heteroatoms. The van der Waals surface area contributed by atoms with Gasteiger partial charge in [-0.05, 0) is 54.4 Å². The van der Waals surface area contributed by atoms with E-state index >= 15 is 0 Å². The van der Waals surface area contributed by atoms with Crippen LogP contribution in [0.1, 0.15) is 66.3 Å². The highest BCUT2D eigenvalue weighted by Crippen LogP contribution is 2.47. The largest absolute Gasteiger partial charge is 0.457 e. The molecule has 0 bridgehead atoms. The Labute approximate surface area is 206 Å². The molecule has 1 aliphatic carbocycles. The van der Waals surface area contributed by atoms with E-state index in [1.807, 2.05) is 0 Å². The standard InChI is InChI=1S/C25H26ClN3O4S/c1-4-25(2,3)13-5-7-15-20(11-13)34-24-21(15)23(30)27-22(28-24)19-10-9-18(33-19)16-12-14(29(31)32)6-8-17(16)26/h6,8-10,12-13,22,28H,4-5,7,11H2,1-3H3,(H,27,30)/t13-,22-/m0/s1. The average Bonchev–Trinajstić information content (AvgIpc) is 3.43. The van der Waals surface area contributed by atoms with Crippen LogP contribution < -0.4 is 10.6 Å². The van der Waals surface area contributed by atoms with E-state index in [9.17, 15) is 14.9 Å².